The number of hydrogen-bond donors (Lipinski definition) is 1. The van der Waals surface area contributed by atoms with E-state index in [1.165, 1.54) is 19.3 Å². The van der Waals surface area contributed by atoms with Crippen LogP contribution in [0.4, 0.5) is 0 Å². The number of piperidine rings is 1. The predicted molar refractivity (Wildman–Crippen MR) is 57.1 cm³/mol. The van der Waals surface area contributed by atoms with Gasteiger partial charge in [0.05, 0.1) is 11.8 Å². The smallest absolute Gasteiger partial charge is 0.124 e. The molecular weight excluding hydrogens is 174 g/mol. The highest BCUT2D eigenvalue weighted by Gasteiger charge is 2.38. The fourth-order valence-electron chi connectivity index (χ4n) is 2.45. The molecule has 0 bridgehead atoms. The molecule has 0 spiro atoms. The number of furan rings is 1. The monoisotopic (exact) mass is 193 g/mol. The largest absolute Gasteiger partial charge is 0.467 e. The highest BCUT2D eigenvalue weighted by atomic mass is 16.3. The van der Waals surface area contributed by atoms with Crippen LogP contribution in [-0.2, 0) is 5.54 Å². The van der Waals surface area contributed by atoms with E-state index in [1.54, 1.807) is 6.26 Å². The van der Waals surface area contributed by atoms with E-state index in [0.717, 1.165) is 12.3 Å². The van der Waals surface area contributed by atoms with Gasteiger partial charge in [0.25, 0.3) is 0 Å². The highest BCUT2D eigenvalue weighted by Crippen LogP contribution is 2.37. The van der Waals surface area contributed by atoms with Crippen molar-refractivity contribution in [2.45, 2.75) is 38.6 Å². The molecule has 1 saturated heterocycles. The average molecular weight is 193 g/mol. The van der Waals surface area contributed by atoms with Gasteiger partial charge >= 0.3 is 0 Å². The Balaban J connectivity index is 2.30. The molecular formula is C12H19NO. The Morgan fingerprint density at radius 3 is 2.79 bits per heavy atom. The molecule has 0 amide bonds. The fourth-order valence-corrected chi connectivity index (χ4v) is 2.45. The van der Waals surface area contributed by atoms with Crippen molar-refractivity contribution >= 4 is 0 Å². The standard InChI is InChI=1S/C12H19NO/c1-10(2)12(7-3-4-8-13-12)11-6-5-9-14-11/h5-6,9-10,13H,3-4,7-8H2,1-2H3. The Bertz CT molecular complexity index is 271. The minimum Gasteiger partial charge on any atom is -0.467 e. The Labute approximate surface area is 85.7 Å². The Hall–Kier alpha value is -0.760. The predicted octanol–water partition coefficient (Wildman–Crippen LogP) is 2.90. The van der Waals surface area contributed by atoms with Crippen LogP contribution >= 0.6 is 0 Å². The molecule has 2 heteroatoms. The second-order valence-corrected chi connectivity index (χ2v) is 4.49. The van der Waals surface area contributed by atoms with Gasteiger partial charge in [0, 0.05) is 0 Å². The topological polar surface area (TPSA) is 25.2 Å². The van der Waals surface area contributed by atoms with Crippen LogP contribution in [-0.4, -0.2) is 6.54 Å². The van der Waals surface area contributed by atoms with Crippen LogP contribution in [0.25, 0.3) is 0 Å². The molecule has 0 saturated carbocycles. The van der Waals surface area contributed by atoms with Crippen LogP contribution in [0.15, 0.2) is 22.8 Å². The third-order valence-electron chi connectivity index (χ3n) is 3.38. The van der Waals surface area contributed by atoms with Gasteiger partial charge in [-0.25, -0.2) is 0 Å². The first-order valence-corrected chi connectivity index (χ1v) is 5.55. The molecule has 1 atom stereocenters. The van der Waals surface area contributed by atoms with E-state index >= 15 is 0 Å². The van der Waals surface area contributed by atoms with Crippen LogP contribution < -0.4 is 5.32 Å². The Morgan fingerprint density at radius 1 is 1.43 bits per heavy atom. The first kappa shape index (κ1) is 9.78. The van der Waals surface area contributed by atoms with Crippen LogP contribution in [0.2, 0.25) is 0 Å². The number of nitrogens with one attached hydrogen (secondary N) is 1. The molecule has 14 heavy (non-hydrogen) atoms. The van der Waals surface area contributed by atoms with E-state index in [9.17, 15) is 0 Å². The van der Waals surface area contributed by atoms with Crippen molar-refractivity contribution in [3.63, 3.8) is 0 Å². The minimum atomic E-state index is 0.0851. The second-order valence-electron chi connectivity index (χ2n) is 4.49. The van der Waals surface area contributed by atoms with Crippen LogP contribution in [0, 0.1) is 5.92 Å². The summed E-state index contributed by atoms with van der Waals surface area (Å²) < 4.78 is 5.58. The minimum absolute atomic E-state index is 0.0851. The lowest BCUT2D eigenvalue weighted by atomic mass is 9.77. The van der Waals surface area contributed by atoms with Crippen molar-refractivity contribution < 1.29 is 4.42 Å². The summed E-state index contributed by atoms with van der Waals surface area (Å²) in [7, 11) is 0. The summed E-state index contributed by atoms with van der Waals surface area (Å²) in [4.78, 5) is 0. The summed E-state index contributed by atoms with van der Waals surface area (Å²) in [6.07, 6.45) is 5.55. The van der Waals surface area contributed by atoms with Gasteiger partial charge in [0.15, 0.2) is 0 Å². The summed E-state index contributed by atoms with van der Waals surface area (Å²) in [5, 5.41) is 3.64. The van der Waals surface area contributed by atoms with Crippen molar-refractivity contribution in [3.05, 3.63) is 24.2 Å². The third-order valence-corrected chi connectivity index (χ3v) is 3.38. The molecule has 1 aromatic rings. The molecule has 0 aromatic carbocycles. The van der Waals surface area contributed by atoms with Crippen LogP contribution in [0.5, 0.6) is 0 Å². The van der Waals surface area contributed by atoms with E-state index in [-0.39, 0.29) is 5.54 Å². The molecule has 2 heterocycles. The van der Waals surface area contributed by atoms with Gasteiger partial charge in [-0.15, -0.1) is 0 Å². The summed E-state index contributed by atoms with van der Waals surface area (Å²) in [6, 6.07) is 4.08. The Kier molecular flexibility index (Phi) is 2.64. The van der Waals surface area contributed by atoms with E-state index in [4.69, 9.17) is 4.42 Å². The maximum atomic E-state index is 5.58. The van der Waals surface area contributed by atoms with Gasteiger partial charge in [-0.3, -0.25) is 0 Å². The zero-order valence-electron chi connectivity index (χ0n) is 9.05. The van der Waals surface area contributed by atoms with Crippen molar-refractivity contribution in [1.29, 1.82) is 0 Å². The zero-order chi connectivity index (χ0) is 10.0. The number of rotatable bonds is 2. The van der Waals surface area contributed by atoms with Gasteiger partial charge < -0.3 is 9.73 Å². The first-order valence-electron chi connectivity index (χ1n) is 5.55. The molecule has 0 aliphatic carbocycles. The van der Waals surface area contributed by atoms with Crippen LogP contribution in [0.1, 0.15) is 38.9 Å². The summed E-state index contributed by atoms with van der Waals surface area (Å²) >= 11 is 0. The maximum absolute atomic E-state index is 5.58. The van der Waals surface area contributed by atoms with Gasteiger partial charge in [-0.05, 0) is 43.9 Å². The van der Waals surface area contributed by atoms with Crippen molar-refractivity contribution in [3.8, 4) is 0 Å². The lowest BCUT2D eigenvalue weighted by molar-refractivity contribution is 0.151. The van der Waals surface area contributed by atoms with Gasteiger partial charge in [0.1, 0.15) is 5.76 Å². The quantitative estimate of drug-likeness (QED) is 0.781. The fraction of sp³-hybridized carbons (Fsp3) is 0.667. The molecule has 2 rings (SSSR count). The van der Waals surface area contributed by atoms with Gasteiger partial charge in [-0.1, -0.05) is 13.8 Å². The summed E-state index contributed by atoms with van der Waals surface area (Å²) in [6.45, 7) is 5.64. The normalized spacial score (nSPS) is 28.2. The molecule has 1 N–H and O–H groups in total. The molecule has 1 aliphatic rings. The second kappa shape index (κ2) is 3.77. The maximum Gasteiger partial charge on any atom is 0.124 e. The van der Waals surface area contributed by atoms with E-state index in [2.05, 4.69) is 25.2 Å². The molecule has 78 valence electrons. The lowest BCUT2D eigenvalue weighted by Gasteiger charge is -2.40. The average Bonchev–Trinajstić information content (AvgIpc) is 2.72. The van der Waals surface area contributed by atoms with Crippen molar-refractivity contribution in [2.75, 3.05) is 6.54 Å². The summed E-state index contributed by atoms with van der Waals surface area (Å²) in [5.41, 5.74) is 0.0851. The molecule has 0 radical (unpaired) electrons. The van der Waals surface area contributed by atoms with Crippen molar-refractivity contribution in [1.82, 2.24) is 5.32 Å². The Morgan fingerprint density at radius 2 is 2.29 bits per heavy atom. The van der Waals surface area contributed by atoms with Crippen LogP contribution in [0.3, 0.4) is 0 Å². The zero-order valence-corrected chi connectivity index (χ0v) is 9.05. The molecule has 1 fully saturated rings. The molecule has 2 nitrogen and oxygen atoms in total. The van der Waals surface area contributed by atoms with Gasteiger partial charge in [0.2, 0.25) is 0 Å². The first-order chi connectivity index (χ1) is 6.76. The highest BCUT2D eigenvalue weighted by molar-refractivity contribution is 5.15. The van der Waals surface area contributed by atoms with E-state index in [0.29, 0.717) is 5.92 Å². The SMILES string of the molecule is CC(C)C1(c2ccco2)CCCCN1. The van der Waals surface area contributed by atoms with Crippen molar-refractivity contribution in [2.24, 2.45) is 5.92 Å². The van der Waals surface area contributed by atoms with Gasteiger partial charge in [-0.2, -0.15) is 0 Å². The van der Waals surface area contributed by atoms with E-state index in [1.807, 2.05) is 6.07 Å². The summed E-state index contributed by atoms with van der Waals surface area (Å²) in [5.74, 6) is 1.68. The molecule has 1 unspecified atom stereocenters. The number of hydrogen-bond acceptors (Lipinski definition) is 2. The lowest BCUT2D eigenvalue weighted by Crippen LogP contribution is -2.49. The van der Waals surface area contributed by atoms with E-state index < -0.39 is 0 Å². The third kappa shape index (κ3) is 1.48. The molecule has 1 aromatic heterocycles. The molecule has 1 aliphatic heterocycles.